The minimum absolute atomic E-state index is 0.536. The Morgan fingerprint density at radius 3 is 3.00 bits per heavy atom. The first-order valence-electron chi connectivity index (χ1n) is 5.31. The van der Waals surface area contributed by atoms with Gasteiger partial charge >= 0.3 is 0 Å². The van der Waals surface area contributed by atoms with Gasteiger partial charge in [-0.3, -0.25) is 0 Å². The molecule has 0 unspecified atom stereocenters. The number of nitrogens with zero attached hydrogens (tertiary/aromatic N) is 2. The molecule has 0 radical (unpaired) electrons. The van der Waals surface area contributed by atoms with Crippen molar-refractivity contribution in [1.29, 1.82) is 0 Å². The summed E-state index contributed by atoms with van der Waals surface area (Å²) >= 11 is 6.02. The highest BCUT2D eigenvalue weighted by molar-refractivity contribution is 6.30. The summed E-state index contributed by atoms with van der Waals surface area (Å²) in [7, 11) is 0. The minimum atomic E-state index is 0.536. The molecular formula is C11H12ClN3O. The number of hydrogen-bond acceptors (Lipinski definition) is 3. The number of morpholine rings is 1. The third kappa shape index (κ3) is 1.64. The molecule has 3 rings (SSSR count). The molecule has 1 N–H and O–H groups in total. The molecule has 2 aromatic heterocycles. The predicted molar refractivity (Wildman–Crippen MR) is 64.1 cm³/mol. The van der Waals surface area contributed by atoms with Gasteiger partial charge in [-0.1, -0.05) is 11.6 Å². The fourth-order valence-corrected chi connectivity index (χ4v) is 2.24. The van der Waals surface area contributed by atoms with Crippen molar-refractivity contribution in [3.8, 4) is 0 Å². The second-order valence-electron chi connectivity index (χ2n) is 3.80. The van der Waals surface area contributed by atoms with Crippen molar-refractivity contribution in [3.05, 3.63) is 23.5 Å². The van der Waals surface area contributed by atoms with Crippen LogP contribution < -0.4 is 4.90 Å². The quantitative estimate of drug-likeness (QED) is 0.772. The van der Waals surface area contributed by atoms with Crippen LogP contribution in [0.5, 0.6) is 0 Å². The number of nitrogens with one attached hydrogen (secondary N) is 1. The summed E-state index contributed by atoms with van der Waals surface area (Å²) in [5, 5.41) is 0.536. The highest BCUT2D eigenvalue weighted by Crippen LogP contribution is 2.27. The lowest BCUT2D eigenvalue weighted by atomic mass is 10.2. The van der Waals surface area contributed by atoms with E-state index in [2.05, 4.69) is 14.9 Å². The molecule has 0 saturated carbocycles. The van der Waals surface area contributed by atoms with Crippen LogP contribution in [0.25, 0.3) is 11.0 Å². The summed E-state index contributed by atoms with van der Waals surface area (Å²) in [4.78, 5) is 9.75. The Morgan fingerprint density at radius 1 is 1.38 bits per heavy atom. The Bertz CT molecular complexity index is 505. The third-order valence-electron chi connectivity index (χ3n) is 2.82. The summed E-state index contributed by atoms with van der Waals surface area (Å²) in [6.45, 7) is 3.33. The Hall–Kier alpha value is -1.26. The Balaban J connectivity index is 2.09. The first-order valence-corrected chi connectivity index (χ1v) is 5.69. The maximum Gasteiger partial charge on any atom is 0.131 e. The number of halogens is 1. The molecule has 0 atom stereocenters. The van der Waals surface area contributed by atoms with E-state index in [1.165, 1.54) is 0 Å². The first-order chi connectivity index (χ1) is 7.84. The molecule has 0 aromatic carbocycles. The van der Waals surface area contributed by atoms with Crippen molar-refractivity contribution >= 4 is 28.3 Å². The molecule has 3 heterocycles. The van der Waals surface area contributed by atoms with Gasteiger partial charge < -0.3 is 14.6 Å². The average molecular weight is 238 g/mol. The van der Waals surface area contributed by atoms with Crippen LogP contribution >= 0.6 is 11.6 Å². The number of fused-ring (bicyclic) bond motifs is 1. The van der Waals surface area contributed by atoms with Crippen molar-refractivity contribution < 1.29 is 4.74 Å². The number of hydrogen-bond donors (Lipinski definition) is 1. The van der Waals surface area contributed by atoms with Crippen molar-refractivity contribution in [2.24, 2.45) is 0 Å². The first kappa shape index (κ1) is 9.93. The summed E-state index contributed by atoms with van der Waals surface area (Å²) < 4.78 is 5.34. The van der Waals surface area contributed by atoms with Crippen LogP contribution in [0, 0.1) is 0 Å². The van der Waals surface area contributed by atoms with Gasteiger partial charge in [0.25, 0.3) is 0 Å². The van der Waals surface area contributed by atoms with E-state index in [1.54, 1.807) is 0 Å². The predicted octanol–water partition coefficient (Wildman–Crippen LogP) is 2.05. The molecule has 84 valence electrons. The second-order valence-corrected chi connectivity index (χ2v) is 4.19. The van der Waals surface area contributed by atoms with E-state index < -0.39 is 0 Å². The summed E-state index contributed by atoms with van der Waals surface area (Å²) in [5.41, 5.74) is 3.07. The molecular weight excluding hydrogens is 226 g/mol. The van der Waals surface area contributed by atoms with E-state index in [4.69, 9.17) is 16.3 Å². The van der Waals surface area contributed by atoms with Crippen LogP contribution in [0.1, 0.15) is 0 Å². The zero-order valence-electron chi connectivity index (χ0n) is 8.74. The molecule has 1 aliphatic heterocycles. The molecule has 4 nitrogen and oxygen atoms in total. The third-order valence-corrected chi connectivity index (χ3v) is 3.01. The molecule has 5 heteroatoms. The molecule has 2 aromatic rings. The lowest BCUT2D eigenvalue weighted by molar-refractivity contribution is 0.123. The van der Waals surface area contributed by atoms with Gasteiger partial charge in [0.1, 0.15) is 5.15 Å². The molecule has 16 heavy (non-hydrogen) atoms. The van der Waals surface area contributed by atoms with E-state index in [0.717, 1.165) is 43.0 Å². The van der Waals surface area contributed by atoms with Gasteiger partial charge in [-0.05, 0) is 6.07 Å². The summed E-state index contributed by atoms with van der Waals surface area (Å²) in [6, 6.07) is 3.84. The smallest absolute Gasteiger partial charge is 0.131 e. The van der Waals surface area contributed by atoms with Crippen LogP contribution in [0.2, 0.25) is 5.15 Å². The van der Waals surface area contributed by atoms with Gasteiger partial charge in [-0.2, -0.15) is 0 Å². The van der Waals surface area contributed by atoms with Gasteiger partial charge in [0.2, 0.25) is 0 Å². The number of pyridine rings is 1. The number of aromatic nitrogens is 2. The second kappa shape index (κ2) is 3.96. The normalized spacial score (nSPS) is 16.9. The maximum absolute atomic E-state index is 6.02. The SMILES string of the molecule is Clc1cc(N2CCOCC2)c2[nH]ccc2n1. The zero-order chi connectivity index (χ0) is 11.0. The summed E-state index contributed by atoms with van der Waals surface area (Å²) in [5.74, 6) is 0. The Labute approximate surface area is 98.2 Å². The van der Waals surface area contributed by atoms with Gasteiger partial charge in [0, 0.05) is 25.4 Å². The fourth-order valence-electron chi connectivity index (χ4n) is 2.05. The van der Waals surface area contributed by atoms with Crippen LogP contribution in [0.15, 0.2) is 18.3 Å². The zero-order valence-corrected chi connectivity index (χ0v) is 9.50. The monoisotopic (exact) mass is 237 g/mol. The van der Waals surface area contributed by atoms with Crippen molar-refractivity contribution in [3.63, 3.8) is 0 Å². The number of H-pyrrole nitrogens is 1. The van der Waals surface area contributed by atoms with E-state index in [9.17, 15) is 0 Å². The molecule has 0 aliphatic carbocycles. The molecule has 0 bridgehead atoms. The van der Waals surface area contributed by atoms with Crippen molar-refractivity contribution in [2.75, 3.05) is 31.2 Å². The number of ether oxygens (including phenoxy) is 1. The molecule has 0 spiro atoms. The van der Waals surface area contributed by atoms with E-state index in [1.807, 2.05) is 18.3 Å². The topological polar surface area (TPSA) is 41.1 Å². The highest BCUT2D eigenvalue weighted by Gasteiger charge is 2.15. The standard InChI is InChI=1S/C11H12ClN3O/c12-10-7-9(15-3-5-16-6-4-15)11-8(14-10)1-2-13-11/h1-2,7,13H,3-6H2. The van der Waals surface area contributed by atoms with Crippen LogP contribution in [-0.2, 0) is 4.74 Å². The van der Waals surface area contributed by atoms with Crippen molar-refractivity contribution in [1.82, 2.24) is 9.97 Å². The van der Waals surface area contributed by atoms with E-state index >= 15 is 0 Å². The lowest BCUT2D eigenvalue weighted by Gasteiger charge is -2.29. The van der Waals surface area contributed by atoms with Gasteiger partial charge in [0.05, 0.1) is 29.9 Å². The van der Waals surface area contributed by atoms with E-state index in [0.29, 0.717) is 5.15 Å². The fraction of sp³-hybridized carbons (Fsp3) is 0.364. The lowest BCUT2D eigenvalue weighted by Crippen LogP contribution is -2.36. The van der Waals surface area contributed by atoms with Crippen LogP contribution in [0.4, 0.5) is 5.69 Å². The molecule has 1 aliphatic rings. The molecule has 1 fully saturated rings. The molecule has 1 saturated heterocycles. The maximum atomic E-state index is 6.02. The number of rotatable bonds is 1. The average Bonchev–Trinajstić information content (AvgIpc) is 2.77. The number of anilines is 1. The number of aromatic amines is 1. The highest BCUT2D eigenvalue weighted by atomic mass is 35.5. The van der Waals surface area contributed by atoms with Crippen LogP contribution in [-0.4, -0.2) is 36.3 Å². The van der Waals surface area contributed by atoms with Crippen molar-refractivity contribution in [2.45, 2.75) is 0 Å². The Kier molecular flexibility index (Phi) is 2.46. The molecule has 0 amide bonds. The van der Waals surface area contributed by atoms with Crippen LogP contribution in [0.3, 0.4) is 0 Å². The van der Waals surface area contributed by atoms with Gasteiger partial charge in [0.15, 0.2) is 0 Å². The van der Waals surface area contributed by atoms with Gasteiger partial charge in [-0.25, -0.2) is 4.98 Å². The van der Waals surface area contributed by atoms with Gasteiger partial charge in [-0.15, -0.1) is 0 Å². The minimum Gasteiger partial charge on any atom is -0.378 e. The summed E-state index contributed by atoms with van der Waals surface area (Å²) in [6.07, 6.45) is 1.89. The largest absolute Gasteiger partial charge is 0.378 e. The van der Waals surface area contributed by atoms with E-state index in [-0.39, 0.29) is 0 Å². The Morgan fingerprint density at radius 2 is 2.19 bits per heavy atom.